The summed E-state index contributed by atoms with van der Waals surface area (Å²) in [5.74, 6) is -1.07. The lowest BCUT2D eigenvalue weighted by Crippen LogP contribution is -2.57. The molecule has 0 aliphatic carbocycles. The molecule has 0 saturated heterocycles. The van der Waals surface area contributed by atoms with Crippen LogP contribution in [0, 0.1) is 19.7 Å². The monoisotopic (exact) mass is 523 g/mol. The van der Waals surface area contributed by atoms with Crippen LogP contribution >= 0.6 is 11.8 Å². The first-order chi connectivity index (χ1) is 17.5. The third-order valence-electron chi connectivity index (χ3n) is 6.29. The minimum absolute atomic E-state index is 0.0117. The highest BCUT2D eigenvalue weighted by Crippen LogP contribution is 2.28. The van der Waals surface area contributed by atoms with Gasteiger partial charge in [0.1, 0.15) is 11.4 Å². The van der Waals surface area contributed by atoms with Crippen LogP contribution in [0.5, 0.6) is 0 Å². The van der Waals surface area contributed by atoms with Gasteiger partial charge < -0.3 is 15.1 Å². The van der Waals surface area contributed by atoms with Gasteiger partial charge >= 0.3 is 0 Å². The Hall–Kier alpha value is -3.46. The van der Waals surface area contributed by atoms with E-state index in [1.165, 1.54) is 22.7 Å². The van der Waals surface area contributed by atoms with Gasteiger partial charge in [-0.2, -0.15) is 0 Å². The number of amides is 2. The van der Waals surface area contributed by atoms with Crippen molar-refractivity contribution in [3.8, 4) is 0 Å². The van der Waals surface area contributed by atoms with Crippen LogP contribution < -0.4 is 10.2 Å². The zero-order valence-electron chi connectivity index (χ0n) is 22.2. The molecule has 0 spiro atoms. The third-order valence-corrected chi connectivity index (χ3v) is 7.12. The van der Waals surface area contributed by atoms with E-state index < -0.39 is 11.4 Å². The maximum Gasteiger partial charge on any atom is 0.250 e. The second-order valence-corrected chi connectivity index (χ2v) is 10.3. The van der Waals surface area contributed by atoms with E-state index >= 15 is 0 Å². The number of rotatable bonds is 10. The van der Waals surface area contributed by atoms with Crippen LogP contribution in [-0.2, 0) is 16.1 Å². The number of hydrogen-bond acceptors (Lipinski definition) is 6. The van der Waals surface area contributed by atoms with E-state index in [9.17, 15) is 14.0 Å². The number of nitrogens with one attached hydrogen (secondary N) is 1. The Morgan fingerprint density at radius 1 is 1.03 bits per heavy atom. The fourth-order valence-electron chi connectivity index (χ4n) is 3.88. The zero-order chi connectivity index (χ0) is 27.2. The van der Waals surface area contributed by atoms with Crippen LogP contribution in [0.25, 0.3) is 0 Å². The number of benzene rings is 2. The molecule has 37 heavy (non-hydrogen) atoms. The van der Waals surface area contributed by atoms with Crippen LogP contribution in [0.2, 0.25) is 0 Å². The smallest absolute Gasteiger partial charge is 0.250 e. The molecule has 0 saturated carbocycles. The molecule has 1 heterocycles. The molecule has 0 radical (unpaired) electrons. The summed E-state index contributed by atoms with van der Waals surface area (Å²) in [4.78, 5) is 39.5. The average molecular weight is 524 g/mol. The summed E-state index contributed by atoms with van der Waals surface area (Å²) in [5.41, 5.74) is 2.34. The molecule has 1 aromatic heterocycles. The number of carbonyl (C=O) groups is 2. The van der Waals surface area contributed by atoms with E-state index in [0.29, 0.717) is 22.8 Å². The molecule has 0 aliphatic rings. The summed E-state index contributed by atoms with van der Waals surface area (Å²) < 4.78 is 14.6. The Labute approximate surface area is 222 Å². The van der Waals surface area contributed by atoms with Crippen molar-refractivity contribution in [3.05, 3.63) is 77.4 Å². The summed E-state index contributed by atoms with van der Waals surface area (Å²) in [6.45, 7) is 7.25. The van der Waals surface area contributed by atoms with Gasteiger partial charge in [-0.05, 0) is 63.6 Å². The first kappa shape index (κ1) is 28.1. The minimum Gasteiger partial charge on any atom is -0.378 e. The van der Waals surface area contributed by atoms with Gasteiger partial charge in [0.2, 0.25) is 11.8 Å². The van der Waals surface area contributed by atoms with Crippen molar-refractivity contribution in [2.75, 3.05) is 30.1 Å². The van der Waals surface area contributed by atoms with Gasteiger partial charge in [-0.1, -0.05) is 36.9 Å². The Balaban J connectivity index is 1.89. The van der Waals surface area contributed by atoms with E-state index in [2.05, 4.69) is 15.3 Å². The van der Waals surface area contributed by atoms with Gasteiger partial charge in [0.05, 0.1) is 5.75 Å². The van der Waals surface area contributed by atoms with Crippen LogP contribution in [0.3, 0.4) is 0 Å². The Bertz CT molecular complexity index is 1230. The summed E-state index contributed by atoms with van der Waals surface area (Å²) in [5, 5.41) is 3.43. The molecule has 3 aromatic rings. The van der Waals surface area contributed by atoms with E-state index in [1.54, 1.807) is 25.1 Å². The molecular weight excluding hydrogens is 489 g/mol. The molecule has 9 heteroatoms. The average Bonchev–Trinajstić information content (AvgIpc) is 2.86. The molecule has 196 valence electrons. The van der Waals surface area contributed by atoms with Crippen molar-refractivity contribution in [3.63, 3.8) is 0 Å². The van der Waals surface area contributed by atoms with E-state index in [1.807, 2.05) is 70.1 Å². The number of halogens is 1. The van der Waals surface area contributed by atoms with Gasteiger partial charge in [-0.3, -0.25) is 9.59 Å². The summed E-state index contributed by atoms with van der Waals surface area (Å²) in [7, 11) is 3.88. The number of aromatic nitrogens is 2. The van der Waals surface area contributed by atoms with Gasteiger partial charge in [-0.15, -0.1) is 0 Å². The molecular formula is C28H34FN5O2S. The highest BCUT2D eigenvalue weighted by Gasteiger charge is 2.41. The number of carbonyl (C=O) groups excluding carboxylic acids is 2. The molecule has 1 unspecified atom stereocenters. The van der Waals surface area contributed by atoms with E-state index in [-0.39, 0.29) is 24.1 Å². The highest BCUT2D eigenvalue weighted by molar-refractivity contribution is 7.99. The lowest BCUT2D eigenvalue weighted by atomic mass is 9.93. The van der Waals surface area contributed by atoms with Gasteiger partial charge in [0.15, 0.2) is 5.16 Å². The van der Waals surface area contributed by atoms with Crippen molar-refractivity contribution >= 4 is 35.0 Å². The van der Waals surface area contributed by atoms with Gasteiger partial charge in [0, 0.05) is 49.0 Å². The normalized spacial score (nSPS) is 12.5. The van der Waals surface area contributed by atoms with Crippen molar-refractivity contribution in [2.45, 2.75) is 51.4 Å². The standard InChI is InChI=1S/C28H34FN5O2S/c1-7-28(4,26(36)32-22-12-14-23(15-13-22)33(5)6)34(17-21-10-8-9-11-24(21)29)25(35)18-37-27-30-19(2)16-20(3)31-27/h8-16H,7,17-18H2,1-6H3,(H,32,36). The van der Waals surface area contributed by atoms with Crippen LogP contribution in [0.1, 0.15) is 37.2 Å². The van der Waals surface area contributed by atoms with Crippen molar-refractivity contribution < 1.29 is 14.0 Å². The lowest BCUT2D eigenvalue weighted by molar-refractivity contribution is -0.143. The third kappa shape index (κ3) is 7.07. The zero-order valence-corrected chi connectivity index (χ0v) is 23.0. The molecule has 2 amide bonds. The van der Waals surface area contributed by atoms with Crippen LogP contribution in [0.15, 0.2) is 59.8 Å². The Morgan fingerprint density at radius 2 is 1.65 bits per heavy atom. The number of anilines is 2. The maximum absolute atomic E-state index is 14.6. The Kier molecular flexibility index (Phi) is 9.26. The molecule has 0 bridgehead atoms. The number of hydrogen-bond donors (Lipinski definition) is 1. The van der Waals surface area contributed by atoms with Gasteiger partial charge in [-0.25, -0.2) is 14.4 Å². The molecule has 1 N–H and O–H groups in total. The first-order valence-corrected chi connectivity index (χ1v) is 13.1. The largest absolute Gasteiger partial charge is 0.378 e. The maximum atomic E-state index is 14.6. The second kappa shape index (κ2) is 12.2. The van der Waals surface area contributed by atoms with Crippen molar-refractivity contribution in [1.29, 1.82) is 0 Å². The molecule has 7 nitrogen and oxygen atoms in total. The molecule has 0 aliphatic heterocycles. The van der Waals surface area contributed by atoms with Crippen molar-refractivity contribution in [2.24, 2.45) is 0 Å². The Morgan fingerprint density at radius 3 is 2.22 bits per heavy atom. The SMILES string of the molecule is CCC(C)(C(=O)Nc1ccc(N(C)C)cc1)N(Cc1ccccc1F)C(=O)CSc1nc(C)cc(C)n1. The summed E-state index contributed by atoms with van der Waals surface area (Å²) >= 11 is 1.20. The number of thioether (sulfide) groups is 1. The number of aryl methyl sites for hydroxylation is 2. The molecule has 2 aromatic carbocycles. The van der Waals surface area contributed by atoms with Crippen LogP contribution in [0.4, 0.5) is 15.8 Å². The predicted molar refractivity (Wildman–Crippen MR) is 147 cm³/mol. The fourth-order valence-corrected chi connectivity index (χ4v) is 4.71. The lowest BCUT2D eigenvalue weighted by Gasteiger charge is -2.39. The van der Waals surface area contributed by atoms with E-state index in [4.69, 9.17) is 0 Å². The molecule has 3 rings (SSSR count). The summed E-state index contributed by atoms with van der Waals surface area (Å²) in [6.07, 6.45) is 0.333. The fraction of sp³-hybridized carbons (Fsp3) is 0.357. The van der Waals surface area contributed by atoms with Crippen LogP contribution in [-0.4, -0.2) is 52.1 Å². The number of nitrogens with zero attached hydrogens (tertiary/aromatic N) is 4. The van der Waals surface area contributed by atoms with Gasteiger partial charge in [0.25, 0.3) is 0 Å². The predicted octanol–water partition coefficient (Wildman–Crippen LogP) is 5.23. The minimum atomic E-state index is -1.23. The second-order valence-electron chi connectivity index (χ2n) is 9.32. The first-order valence-electron chi connectivity index (χ1n) is 12.1. The topological polar surface area (TPSA) is 78.4 Å². The summed E-state index contributed by atoms with van der Waals surface area (Å²) in [6, 6.07) is 15.6. The molecule has 1 atom stereocenters. The quantitative estimate of drug-likeness (QED) is 0.290. The highest BCUT2D eigenvalue weighted by atomic mass is 32.2. The van der Waals surface area contributed by atoms with E-state index in [0.717, 1.165) is 17.1 Å². The van der Waals surface area contributed by atoms with Crippen molar-refractivity contribution in [1.82, 2.24) is 14.9 Å². The molecule has 0 fully saturated rings.